The van der Waals surface area contributed by atoms with Gasteiger partial charge in [0.05, 0.1) is 11.3 Å². The van der Waals surface area contributed by atoms with Crippen LogP contribution in [0.2, 0.25) is 0 Å². The van der Waals surface area contributed by atoms with Crippen LogP contribution in [0, 0.1) is 5.92 Å². The summed E-state index contributed by atoms with van der Waals surface area (Å²) >= 11 is 0. The van der Waals surface area contributed by atoms with Crippen LogP contribution in [-0.4, -0.2) is 44.0 Å². The van der Waals surface area contributed by atoms with Crippen molar-refractivity contribution < 1.29 is 26.4 Å². The van der Waals surface area contributed by atoms with Gasteiger partial charge in [0, 0.05) is 31.0 Å². The fourth-order valence-corrected chi connectivity index (χ4v) is 4.38. The van der Waals surface area contributed by atoms with Crippen molar-refractivity contribution in [2.45, 2.75) is 45.2 Å². The lowest BCUT2D eigenvalue weighted by Crippen LogP contribution is -2.45. The number of alkyl halides is 3. The Bertz CT molecular complexity index is 799. The van der Waals surface area contributed by atoms with Crippen LogP contribution in [0.1, 0.15) is 44.7 Å². The van der Waals surface area contributed by atoms with Crippen LogP contribution < -0.4 is 5.32 Å². The molecule has 0 bridgehead atoms. The highest BCUT2D eigenvalue weighted by Gasteiger charge is 2.33. The van der Waals surface area contributed by atoms with E-state index in [0.29, 0.717) is 31.5 Å². The Labute approximate surface area is 164 Å². The number of hydrogen-bond donors (Lipinski definition) is 1. The molecule has 0 saturated carbocycles. The number of benzene rings is 1. The van der Waals surface area contributed by atoms with Gasteiger partial charge in [0.2, 0.25) is 15.9 Å². The number of carbonyl (C=O) groups excluding carboxylic acids is 1. The minimum atomic E-state index is -4.41. The van der Waals surface area contributed by atoms with Crippen LogP contribution in [0.15, 0.2) is 24.3 Å². The number of carbonyl (C=O) groups is 1. The minimum absolute atomic E-state index is 0.0367. The summed E-state index contributed by atoms with van der Waals surface area (Å²) in [6, 6.07) is 5.12. The number of sulfonamides is 1. The van der Waals surface area contributed by atoms with Gasteiger partial charge in [0.15, 0.2) is 0 Å². The van der Waals surface area contributed by atoms with Gasteiger partial charge in [0.25, 0.3) is 0 Å². The van der Waals surface area contributed by atoms with E-state index in [1.165, 1.54) is 10.4 Å². The van der Waals surface area contributed by atoms with E-state index in [4.69, 9.17) is 0 Å². The number of rotatable bonds is 6. The topological polar surface area (TPSA) is 66.5 Å². The van der Waals surface area contributed by atoms with Crippen molar-refractivity contribution in [1.29, 1.82) is 0 Å². The van der Waals surface area contributed by atoms with E-state index in [0.717, 1.165) is 12.1 Å². The minimum Gasteiger partial charge on any atom is -0.355 e. The second-order valence-electron chi connectivity index (χ2n) is 7.75. The first-order valence-electron chi connectivity index (χ1n) is 9.30. The van der Waals surface area contributed by atoms with Crippen LogP contribution in [-0.2, 0) is 26.4 Å². The maximum absolute atomic E-state index is 12.9. The zero-order valence-corrected chi connectivity index (χ0v) is 17.2. The summed E-state index contributed by atoms with van der Waals surface area (Å²) in [7, 11) is -3.25. The van der Waals surface area contributed by atoms with Crippen LogP contribution >= 0.6 is 0 Å². The van der Waals surface area contributed by atoms with Crippen molar-refractivity contribution >= 4 is 15.9 Å². The van der Waals surface area contributed by atoms with Gasteiger partial charge in [0.1, 0.15) is 0 Å². The Kier molecular flexibility index (Phi) is 6.81. The summed E-state index contributed by atoms with van der Waals surface area (Å²) in [6.45, 7) is 5.96. The van der Waals surface area contributed by atoms with Crippen molar-refractivity contribution in [2.75, 3.05) is 25.4 Å². The molecule has 1 aromatic carbocycles. The van der Waals surface area contributed by atoms with Crippen LogP contribution in [0.5, 0.6) is 0 Å². The fraction of sp³-hybridized carbons (Fsp3) is 0.632. The lowest BCUT2D eigenvalue weighted by molar-refractivity contribution is -0.137. The van der Waals surface area contributed by atoms with Crippen LogP contribution in [0.25, 0.3) is 0 Å². The Balaban J connectivity index is 1.95. The van der Waals surface area contributed by atoms with E-state index in [1.807, 2.05) is 0 Å². The second-order valence-corrected chi connectivity index (χ2v) is 10.0. The Morgan fingerprint density at radius 2 is 1.75 bits per heavy atom. The molecule has 1 saturated heterocycles. The molecule has 158 valence electrons. The largest absolute Gasteiger partial charge is 0.416 e. The van der Waals surface area contributed by atoms with Gasteiger partial charge in [-0.25, -0.2) is 12.7 Å². The monoisotopic (exact) mass is 420 g/mol. The Morgan fingerprint density at radius 1 is 1.18 bits per heavy atom. The third-order valence-corrected chi connectivity index (χ3v) is 7.14. The van der Waals surface area contributed by atoms with Crippen molar-refractivity contribution in [1.82, 2.24) is 9.62 Å². The first kappa shape index (κ1) is 22.7. The average Bonchev–Trinajstić information content (AvgIpc) is 2.65. The summed E-state index contributed by atoms with van der Waals surface area (Å²) in [5, 5.41) is 2.83. The Hall–Kier alpha value is -1.61. The van der Waals surface area contributed by atoms with Gasteiger partial charge in [-0.15, -0.1) is 0 Å². The van der Waals surface area contributed by atoms with Crippen LogP contribution in [0.4, 0.5) is 13.2 Å². The first-order valence-corrected chi connectivity index (χ1v) is 10.9. The molecule has 0 aliphatic carbocycles. The molecule has 9 heteroatoms. The maximum Gasteiger partial charge on any atom is 0.416 e. The van der Waals surface area contributed by atoms with Gasteiger partial charge in [-0.1, -0.05) is 32.0 Å². The molecule has 0 spiro atoms. The molecule has 1 amide bonds. The number of nitrogens with one attached hydrogen (secondary N) is 1. The molecule has 1 N–H and O–H groups in total. The summed E-state index contributed by atoms with van der Waals surface area (Å²) in [5.41, 5.74) is -0.899. The molecule has 1 heterocycles. The average molecular weight is 420 g/mol. The molecular weight excluding hydrogens is 393 g/mol. The van der Waals surface area contributed by atoms with Crippen molar-refractivity contribution in [3.63, 3.8) is 0 Å². The summed E-state index contributed by atoms with van der Waals surface area (Å²) in [4.78, 5) is 12.5. The summed E-state index contributed by atoms with van der Waals surface area (Å²) in [6.07, 6.45) is -3.54. The van der Waals surface area contributed by atoms with E-state index < -0.39 is 27.2 Å². The Morgan fingerprint density at radius 3 is 2.29 bits per heavy atom. The normalized spacial score (nSPS) is 17.5. The molecule has 1 aromatic rings. The maximum atomic E-state index is 12.9. The molecule has 0 radical (unpaired) electrons. The third-order valence-electron chi connectivity index (χ3n) is 5.26. The van der Waals surface area contributed by atoms with Gasteiger partial charge in [-0.05, 0) is 31.4 Å². The highest BCUT2D eigenvalue weighted by molar-refractivity contribution is 7.89. The third kappa shape index (κ3) is 5.47. The number of nitrogens with zero attached hydrogens (tertiary/aromatic N) is 1. The molecular formula is C19H27F3N2O3S. The number of hydrogen-bond acceptors (Lipinski definition) is 3. The number of piperidine rings is 1. The molecule has 1 aliphatic rings. The van der Waals surface area contributed by atoms with Gasteiger partial charge in [-0.2, -0.15) is 13.2 Å². The lowest BCUT2D eigenvalue weighted by Gasteiger charge is -2.32. The predicted octanol–water partition coefficient (Wildman–Crippen LogP) is 3.16. The first-order chi connectivity index (χ1) is 12.9. The van der Waals surface area contributed by atoms with Crippen molar-refractivity contribution in [3.8, 4) is 0 Å². The molecule has 0 atom stereocenters. The van der Waals surface area contributed by atoms with Gasteiger partial charge in [-0.3, -0.25) is 4.79 Å². The highest BCUT2D eigenvalue weighted by atomic mass is 32.2. The quantitative estimate of drug-likeness (QED) is 0.769. The smallest absolute Gasteiger partial charge is 0.355 e. The van der Waals surface area contributed by atoms with E-state index >= 15 is 0 Å². The zero-order chi connectivity index (χ0) is 21.2. The fourth-order valence-electron chi connectivity index (χ4n) is 3.25. The van der Waals surface area contributed by atoms with E-state index in [1.54, 1.807) is 26.8 Å². The molecule has 1 aliphatic heterocycles. The lowest BCUT2D eigenvalue weighted by atomic mass is 9.83. The number of amides is 1. The molecule has 5 nitrogen and oxygen atoms in total. The van der Waals surface area contributed by atoms with Gasteiger partial charge < -0.3 is 5.32 Å². The predicted molar refractivity (Wildman–Crippen MR) is 101 cm³/mol. The highest BCUT2D eigenvalue weighted by Crippen LogP contribution is 2.32. The summed E-state index contributed by atoms with van der Waals surface area (Å²) < 4.78 is 64.0. The molecule has 1 fully saturated rings. The van der Waals surface area contributed by atoms with E-state index in [9.17, 15) is 26.4 Å². The second kappa shape index (κ2) is 8.41. The molecule has 28 heavy (non-hydrogen) atoms. The summed E-state index contributed by atoms with van der Waals surface area (Å²) in [5.74, 6) is -0.441. The van der Waals surface area contributed by atoms with Crippen molar-refractivity contribution in [2.24, 2.45) is 5.92 Å². The SMILES string of the molecule is CCS(=O)(=O)N1CCC(C(=O)NCC(C)(C)c2cccc(C(F)(F)F)c2)CC1. The molecule has 0 unspecified atom stereocenters. The zero-order valence-electron chi connectivity index (χ0n) is 16.3. The van der Waals surface area contributed by atoms with E-state index in [-0.39, 0.29) is 24.1 Å². The van der Waals surface area contributed by atoms with Crippen LogP contribution in [0.3, 0.4) is 0 Å². The number of halogens is 3. The molecule has 0 aromatic heterocycles. The van der Waals surface area contributed by atoms with Gasteiger partial charge >= 0.3 is 6.18 Å². The standard InChI is InChI=1S/C19H27F3N2O3S/c1-4-28(26,27)24-10-8-14(9-11-24)17(25)23-13-18(2,3)15-6-5-7-16(12-15)19(20,21)22/h5-7,12,14H,4,8-11,13H2,1-3H3,(H,23,25). The van der Waals surface area contributed by atoms with E-state index in [2.05, 4.69) is 5.32 Å². The van der Waals surface area contributed by atoms with Crippen molar-refractivity contribution in [3.05, 3.63) is 35.4 Å². The molecule has 2 rings (SSSR count).